The van der Waals surface area contributed by atoms with E-state index < -0.39 is 0 Å². The number of amides is 1. The summed E-state index contributed by atoms with van der Waals surface area (Å²) in [6.07, 6.45) is 3.57. The predicted molar refractivity (Wildman–Crippen MR) is 103 cm³/mol. The van der Waals surface area contributed by atoms with Gasteiger partial charge in [-0.15, -0.1) is 0 Å². The van der Waals surface area contributed by atoms with E-state index in [9.17, 15) is 4.79 Å². The zero-order chi connectivity index (χ0) is 18.2. The lowest BCUT2D eigenvalue weighted by atomic mass is 10.0. The minimum atomic E-state index is -0.192. The van der Waals surface area contributed by atoms with Gasteiger partial charge in [0.25, 0.3) is 5.91 Å². The molecule has 3 rings (SSSR count). The fraction of sp³-hybridized carbons (Fsp3) is 0.143. The number of carbonyl (C=O) groups is 1. The van der Waals surface area contributed by atoms with E-state index in [0.717, 1.165) is 22.4 Å². The Labute approximate surface area is 152 Å². The molecule has 26 heavy (non-hydrogen) atoms. The van der Waals surface area contributed by atoms with Crippen molar-refractivity contribution in [3.05, 3.63) is 84.2 Å². The molecule has 3 N–H and O–H groups in total. The van der Waals surface area contributed by atoms with Crippen LogP contribution in [-0.2, 0) is 6.54 Å². The number of carbonyl (C=O) groups excluding carboxylic acids is 1. The van der Waals surface area contributed by atoms with Gasteiger partial charge in [-0.1, -0.05) is 24.3 Å². The number of pyridine rings is 1. The highest BCUT2D eigenvalue weighted by atomic mass is 16.3. The van der Waals surface area contributed by atoms with Gasteiger partial charge in [0.05, 0.1) is 6.61 Å². The van der Waals surface area contributed by atoms with Crippen molar-refractivity contribution < 1.29 is 9.90 Å². The van der Waals surface area contributed by atoms with Gasteiger partial charge in [0.2, 0.25) is 0 Å². The molecule has 0 atom stereocenters. The van der Waals surface area contributed by atoms with Crippen LogP contribution in [0.5, 0.6) is 0 Å². The Morgan fingerprint density at radius 1 is 0.962 bits per heavy atom. The summed E-state index contributed by atoms with van der Waals surface area (Å²) in [4.78, 5) is 16.0. The fourth-order valence-corrected chi connectivity index (χ4v) is 2.65. The maximum Gasteiger partial charge on any atom is 0.251 e. The third-order valence-corrected chi connectivity index (χ3v) is 3.96. The summed E-state index contributed by atoms with van der Waals surface area (Å²) >= 11 is 0. The molecule has 0 aliphatic heterocycles. The fourth-order valence-electron chi connectivity index (χ4n) is 2.65. The van der Waals surface area contributed by atoms with E-state index in [2.05, 4.69) is 33.8 Å². The molecule has 1 amide bonds. The zero-order valence-corrected chi connectivity index (χ0v) is 14.4. The summed E-state index contributed by atoms with van der Waals surface area (Å²) < 4.78 is 0. The van der Waals surface area contributed by atoms with Gasteiger partial charge in [-0.25, -0.2) is 0 Å². The second kappa shape index (κ2) is 8.78. The maximum atomic E-state index is 12.0. The quantitative estimate of drug-likeness (QED) is 0.614. The molecule has 1 heterocycles. The first kappa shape index (κ1) is 17.6. The Hall–Kier alpha value is -3.18. The number of anilines is 1. The van der Waals surface area contributed by atoms with Gasteiger partial charge in [0.1, 0.15) is 0 Å². The van der Waals surface area contributed by atoms with Crippen LogP contribution in [0.15, 0.2) is 73.1 Å². The standard InChI is InChI=1S/C21H21N3O2/c25-12-11-23-21(26)19-5-2-6-20(14-19)24-15-16-3-1-4-18(13-16)17-7-9-22-10-8-17/h1-10,13-14,24-25H,11-12,15H2,(H,23,26). The van der Waals surface area contributed by atoms with Crippen LogP contribution in [0.25, 0.3) is 11.1 Å². The molecule has 0 unspecified atom stereocenters. The molecule has 2 aromatic carbocycles. The Kier molecular flexibility index (Phi) is 5.96. The van der Waals surface area contributed by atoms with Crippen molar-refractivity contribution in [1.29, 1.82) is 0 Å². The largest absolute Gasteiger partial charge is 0.395 e. The van der Waals surface area contributed by atoms with E-state index in [0.29, 0.717) is 12.1 Å². The molecule has 0 radical (unpaired) electrons. The lowest BCUT2D eigenvalue weighted by Gasteiger charge is -2.10. The molecular weight excluding hydrogens is 326 g/mol. The number of aliphatic hydroxyl groups excluding tert-OH is 1. The highest BCUT2D eigenvalue weighted by molar-refractivity contribution is 5.95. The first-order valence-electron chi connectivity index (χ1n) is 8.48. The minimum Gasteiger partial charge on any atom is -0.395 e. The van der Waals surface area contributed by atoms with Gasteiger partial charge >= 0.3 is 0 Å². The number of benzene rings is 2. The van der Waals surface area contributed by atoms with Gasteiger partial charge < -0.3 is 15.7 Å². The Morgan fingerprint density at radius 3 is 2.58 bits per heavy atom. The van der Waals surface area contributed by atoms with Crippen molar-refractivity contribution in [2.75, 3.05) is 18.5 Å². The third kappa shape index (κ3) is 4.68. The third-order valence-electron chi connectivity index (χ3n) is 3.96. The van der Waals surface area contributed by atoms with E-state index >= 15 is 0 Å². The van der Waals surface area contributed by atoms with Crippen LogP contribution in [0.2, 0.25) is 0 Å². The molecule has 0 fully saturated rings. The monoisotopic (exact) mass is 347 g/mol. The molecule has 0 aliphatic carbocycles. The van der Waals surface area contributed by atoms with Crippen molar-refractivity contribution in [2.45, 2.75) is 6.54 Å². The topological polar surface area (TPSA) is 74.2 Å². The van der Waals surface area contributed by atoms with E-state index in [4.69, 9.17) is 5.11 Å². The van der Waals surface area contributed by atoms with Crippen LogP contribution >= 0.6 is 0 Å². The lowest BCUT2D eigenvalue weighted by Crippen LogP contribution is -2.26. The van der Waals surface area contributed by atoms with Gasteiger partial charge in [-0.3, -0.25) is 9.78 Å². The maximum absolute atomic E-state index is 12.0. The number of nitrogens with one attached hydrogen (secondary N) is 2. The summed E-state index contributed by atoms with van der Waals surface area (Å²) in [5.41, 5.74) is 4.85. The van der Waals surface area contributed by atoms with Crippen LogP contribution in [0, 0.1) is 0 Å². The van der Waals surface area contributed by atoms with Gasteiger partial charge in [-0.05, 0) is 53.1 Å². The van der Waals surface area contributed by atoms with Crippen LogP contribution in [0.1, 0.15) is 15.9 Å². The molecule has 0 saturated carbocycles. The van der Waals surface area contributed by atoms with E-state index in [1.807, 2.05) is 30.3 Å². The van der Waals surface area contributed by atoms with E-state index in [1.165, 1.54) is 0 Å². The Morgan fingerprint density at radius 2 is 1.77 bits per heavy atom. The summed E-state index contributed by atoms with van der Waals surface area (Å²) in [5, 5.41) is 14.8. The summed E-state index contributed by atoms with van der Waals surface area (Å²) in [5.74, 6) is -0.192. The molecule has 3 aromatic rings. The molecular formula is C21H21N3O2. The van der Waals surface area contributed by atoms with Gasteiger partial charge in [0.15, 0.2) is 0 Å². The summed E-state index contributed by atoms with van der Waals surface area (Å²) in [6.45, 7) is 0.830. The van der Waals surface area contributed by atoms with Crippen LogP contribution in [0.4, 0.5) is 5.69 Å². The average molecular weight is 347 g/mol. The highest BCUT2D eigenvalue weighted by Gasteiger charge is 2.05. The normalized spacial score (nSPS) is 10.3. The van der Waals surface area contributed by atoms with Gasteiger partial charge in [0, 0.05) is 36.7 Å². The Balaban J connectivity index is 1.67. The number of rotatable bonds is 7. The number of hydrogen-bond donors (Lipinski definition) is 3. The van der Waals surface area contributed by atoms with Crippen molar-refractivity contribution in [3.8, 4) is 11.1 Å². The molecule has 5 nitrogen and oxygen atoms in total. The first-order chi connectivity index (χ1) is 12.8. The number of nitrogens with zero attached hydrogens (tertiary/aromatic N) is 1. The molecule has 1 aromatic heterocycles. The zero-order valence-electron chi connectivity index (χ0n) is 14.4. The van der Waals surface area contributed by atoms with E-state index in [-0.39, 0.29) is 19.1 Å². The number of aromatic nitrogens is 1. The summed E-state index contributed by atoms with van der Waals surface area (Å²) in [7, 11) is 0. The molecule has 132 valence electrons. The molecule has 0 aliphatic rings. The molecule has 5 heteroatoms. The number of hydrogen-bond acceptors (Lipinski definition) is 4. The van der Waals surface area contributed by atoms with Crippen molar-refractivity contribution in [3.63, 3.8) is 0 Å². The van der Waals surface area contributed by atoms with Gasteiger partial charge in [-0.2, -0.15) is 0 Å². The minimum absolute atomic E-state index is 0.0719. The first-order valence-corrected chi connectivity index (χ1v) is 8.48. The van der Waals surface area contributed by atoms with Crippen molar-refractivity contribution in [2.24, 2.45) is 0 Å². The molecule has 0 bridgehead atoms. The van der Waals surface area contributed by atoms with Crippen molar-refractivity contribution >= 4 is 11.6 Å². The second-order valence-corrected chi connectivity index (χ2v) is 5.85. The molecule has 0 spiro atoms. The lowest BCUT2D eigenvalue weighted by molar-refractivity contribution is 0.0945. The van der Waals surface area contributed by atoms with Crippen LogP contribution < -0.4 is 10.6 Å². The SMILES string of the molecule is O=C(NCCO)c1cccc(NCc2cccc(-c3ccncc3)c2)c1. The van der Waals surface area contributed by atoms with Crippen LogP contribution in [0.3, 0.4) is 0 Å². The van der Waals surface area contributed by atoms with Crippen LogP contribution in [-0.4, -0.2) is 29.1 Å². The molecule has 0 saturated heterocycles. The van der Waals surface area contributed by atoms with E-state index in [1.54, 1.807) is 24.5 Å². The smallest absolute Gasteiger partial charge is 0.251 e. The predicted octanol–water partition coefficient (Wildman–Crippen LogP) is 3.08. The second-order valence-electron chi connectivity index (χ2n) is 5.85. The highest BCUT2D eigenvalue weighted by Crippen LogP contribution is 2.20. The average Bonchev–Trinajstić information content (AvgIpc) is 2.71. The van der Waals surface area contributed by atoms with Crippen molar-refractivity contribution in [1.82, 2.24) is 10.3 Å². The number of aliphatic hydroxyl groups is 1. The summed E-state index contributed by atoms with van der Waals surface area (Å²) in [6, 6.07) is 19.6. The Bertz CT molecular complexity index is 866.